The maximum Gasteiger partial charge on any atom is 0.222 e. The van der Waals surface area contributed by atoms with E-state index in [0.717, 1.165) is 31.8 Å². The van der Waals surface area contributed by atoms with E-state index in [-0.39, 0.29) is 0 Å². The van der Waals surface area contributed by atoms with Crippen molar-refractivity contribution in [3.8, 4) is 0 Å². The normalized spacial score (nSPS) is 27.3. The molecule has 0 aromatic heterocycles. The van der Waals surface area contributed by atoms with Gasteiger partial charge in [0.25, 0.3) is 0 Å². The minimum Gasteiger partial charge on any atom is -0.343 e. The Kier molecular flexibility index (Phi) is 4.11. The molecule has 19 heavy (non-hydrogen) atoms. The Balaban J connectivity index is 1.41. The molecule has 0 atom stereocenters. The molecule has 3 fully saturated rings. The number of likely N-dealkylation sites (tertiary alicyclic amines) is 1. The lowest BCUT2D eigenvalue weighted by Gasteiger charge is -2.39. The molecular formula is C16H28N2O. The topological polar surface area (TPSA) is 32.3 Å². The molecule has 1 saturated carbocycles. The summed E-state index contributed by atoms with van der Waals surface area (Å²) in [5.41, 5.74) is 0.530. The van der Waals surface area contributed by atoms with Crippen LogP contribution in [0.4, 0.5) is 0 Å². The number of carbonyl (C=O) groups is 1. The van der Waals surface area contributed by atoms with Crippen molar-refractivity contribution in [3.63, 3.8) is 0 Å². The van der Waals surface area contributed by atoms with E-state index in [0.29, 0.717) is 11.3 Å². The molecule has 1 amide bonds. The molecule has 0 radical (unpaired) electrons. The Morgan fingerprint density at radius 2 is 1.89 bits per heavy atom. The standard InChI is InChI=1S/C16H28N2O/c19-15(6-5-14-3-1-2-4-14)18-11-8-16(9-12-18)7-10-17-13-16/h14,17H,1-13H2. The van der Waals surface area contributed by atoms with Crippen molar-refractivity contribution in [2.75, 3.05) is 26.2 Å². The van der Waals surface area contributed by atoms with Crippen LogP contribution in [0.1, 0.15) is 57.8 Å². The van der Waals surface area contributed by atoms with Crippen LogP contribution in [0.15, 0.2) is 0 Å². The highest BCUT2D eigenvalue weighted by atomic mass is 16.2. The van der Waals surface area contributed by atoms with Crippen LogP contribution in [0.25, 0.3) is 0 Å². The third-order valence-electron chi connectivity index (χ3n) is 5.75. The monoisotopic (exact) mass is 264 g/mol. The van der Waals surface area contributed by atoms with E-state index in [9.17, 15) is 4.79 Å². The maximum atomic E-state index is 12.3. The van der Waals surface area contributed by atoms with E-state index in [4.69, 9.17) is 0 Å². The molecule has 0 aromatic rings. The molecule has 1 spiro atoms. The van der Waals surface area contributed by atoms with Gasteiger partial charge in [-0.1, -0.05) is 25.7 Å². The first-order valence-electron chi connectivity index (χ1n) is 8.26. The first kappa shape index (κ1) is 13.4. The van der Waals surface area contributed by atoms with E-state index < -0.39 is 0 Å². The van der Waals surface area contributed by atoms with Crippen molar-refractivity contribution < 1.29 is 4.79 Å². The zero-order chi connectivity index (χ0) is 13.1. The lowest BCUT2D eigenvalue weighted by molar-refractivity contribution is -0.133. The van der Waals surface area contributed by atoms with Crippen LogP contribution in [-0.2, 0) is 4.79 Å². The second-order valence-corrected chi connectivity index (χ2v) is 7.00. The Hall–Kier alpha value is -0.570. The van der Waals surface area contributed by atoms with Gasteiger partial charge < -0.3 is 10.2 Å². The van der Waals surface area contributed by atoms with Crippen LogP contribution in [0, 0.1) is 11.3 Å². The Morgan fingerprint density at radius 3 is 2.53 bits per heavy atom. The lowest BCUT2D eigenvalue weighted by atomic mass is 9.78. The van der Waals surface area contributed by atoms with Gasteiger partial charge in [-0.05, 0) is 43.6 Å². The van der Waals surface area contributed by atoms with Gasteiger partial charge in [0.15, 0.2) is 0 Å². The van der Waals surface area contributed by atoms with Gasteiger partial charge in [0.1, 0.15) is 0 Å². The fourth-order valence-corrected chi connectivity index (χ4v) is 4.24. The van der Waals surface area contributed by atoms with E-state index >= 15 is 0 Å². The molecule has 0 aromatic carbocycles. The summed E-state index contributed by atoms with van der Waals surface area (Å²) in [5.74, 6) is 1.27. The number of nitrogens with one attached hydrogen (secondary N) is 1. The predicted molar refractivity (Wildman–Crippen MR) is 76.9 cm³/mol. The fraction of sp³-hybridized carbons (Fsp3) is 0.938. The molecule has 1 aliphatic carbocycles. The number of rotatable bonds is 3. The second-order valence-electron chi connectivity index (χ2n) is 7.00. The smallest absolute Gasteiger partial charge is 0.222 e. The first-order valence-corrected chi connectivity index (χ1v) is 8.26. The lowest BCUT2D eigenvalue weighted by Crippen LogP contribution is -2.44. The molecule has 2 heterocycles. The van der Waals surface area contributed by atoms with Crippen molar-refractivity contribution in [3.05, 3.63) is 0 Å². The highest BCUT2D eigenvalue weighted by molar-refractivity contribution is 5.76. The SMILES string of the molecule is O=C(CCC1CCCC1)N1CCC2(CCNC2)CC1. The maximum absolute atomic E-state index is 12.3. The van der Waals surface area contributed by atoms with Gasteiger partial charge in [0.2, 0.25) is 5.91 Å². The van der Waals surface area contributed by atoms with E-state index in [2.05, 4.69) is 10.2 Å². The number of hydrogen-bond donors (Lipinski definition) is 1. The van der Waals surface area contributed by atoms with Crippen molar-refractivity contribution in [1.82, 2.24) is 10.2 Å². The number of nitrogens with zero attached hydrogens (tertiary/aromatic N) is 1. The summed E-state index contributed by atoms with van der Waals surface area (Å²) < 4.78 is 0. The fourth-order valence-electron chi connectivity index (χ4n) is 4.24. The molecule has 0 unspecified atom stereocenters. The summed E-state index contributed by atoms with van der Waals surface area (Å²) in [7, 11) is 0. The molecule has 3 aliphatic rings. The van der Waals surface area contributed by atoms with Crippen molar-refractivity contribution in [2.24, 2.45) is 11.3 Å². The van der Waals surface area contributed by atoms with Gasteiger partial charge in [-0.15, -0.1) is 0 Å². The van der Waals surface area contributed by atoms with E-state index in [1.165, 1.54) is 58.0 Å². The number of hydrogen-bond acceptors (Lipinski definition) is 2. The Labute approximate surface area is 117 Å². The Bertz CT molecular complexity index is 307. The van der Waals surface area contributed by atoms with Gasteiger partial charge in [-0.3, -0.25) is 4.79 Å². The third-order valence-corrected chi connectivity index (χ3v) is 5.75. The first-order chi connectivity index (χ1) is 9.27. The zero-order valence-corrected chi connectivity index (χ0v) is 12.1. The van der Waals surface area contributed by atoms with Crippen LogP contribution in [0.2, 0.25) is 0 Å². The van der Waals surface area contributed by atoms with Crippen molar-refractivity contribution >= 4 is 5.91 Å². The summed E-state index contributed by atoms with van der Waals surface area (Å²) in [6, 6.07) is 0. The predicted octanol–water partition coefficient (Wildman–Crippen LogP) is 2.56. The van der Waals surface area contributed by atoms with Gasteiger partial charge >= 0.3 is 0 Å². The van der Waals surface area contributed by atoms with E-state index in [1.807, 2.05) is 0 Å². The summed E-state index contributed by atoms with van der Waals surface area (Å²) in [6.07, 6.45) is 11.2. The highest BCUT2D eigenvalue weighted by Gasteiger charge is 2.37. The number of piperidine rings is 1. The molecule has 2 aliphatic heterocycles. The molecule has 3 nitrogen and oxygen atoms in total. The average Bonchev–Trinajstić information content (AvgIpc) is 3.09. The summed E-state index contributed by atoms with van der Waals surface area (Å²) >= 11 is 0. The van der Waals surface area contributed by atoms with Gasteiger partial charge in [0.05, 0.1) is 0 Å². The van der Waals surface area contributed by atoms with Crippen LogP contribution in [0.3, 0.4) is 0 Å². The van der Waals surface area contributed by atoms with Crippen LogP contribution < -0.4 is 5.32 Å². The van der Waals surface area contributed by atoms with Crippen molar-refractivity contribution in [2.45, 2.75) is 57.8 Å². The highest BCUT2D eigenvalue weighted by Crippen LogP contribution is 2.37. The molecule has 1 N–H and O–H groups in total. The minimum absolute atomic E-state index is 0.424. The second kappa shape index (κ2) is 5.82. The quantitative estimate of drug-likeness (QED) is 0.849. The van der Waals surface area contributed by atoms with Gasteiger partial charge in [0, 0.05) is 26.1 Å². The van der Waals surface area contributed by atoms with Crippen LogP contribution in [0.5, 0.6) is 0 Å². The average molecular weight is 264 g/mol. The van der Waals surface area contributed by atoms with E-state index in [1.54, 1.807) is 0 Å². The molecule has 108 valence electrons. The van der Waals surface area contributed by atoms with Crippen molar-refractivity contribution in [1.29, 1.82) is 0 Å². The van der Waals surface area contributed by atoms with Gasteiger partial charge in [-0.25, -0.2) is 0 Å². The van der Waals surface area contributed by atoms with Gasteiger partial charge in [-0.2, -0.15) is 0 Å². The summed E-state index contributed by atoms with van der Waals surface area (Å²) in [6.45, 7) is 4.36. The van der Waals surface area contributed by atoms with Crippen LogP contribution >= 0.6 is 0 Å². The molecular weight excluding hydrogens is 236 g/mol. The minimum atomic E-state index is 0.424. The van der Waals surface area contributed by atoms with Crippen LogP contribution in [-0.4, -0.2) is 37.0 Å². The third kappa shape index (κ3) is 3.13. The largest absolute Gasteiger partial charge is 0.343 e. The Morgan fingerprint density at radius 1 is 1.16 bits per heavy atom. The zero-order valence-electron chi connectivity index (χ0n) is 12.1. The number of carbonyl (C=O) groups excluding carboxylic acids is 1. The number of amides is 1. The molecule has 3 rings (SSSR count). The molecule has 2 saturated heterocycles. The summed E-state index contributed by atoms with van der Waals surface area (Å²) in [4.78, 5) is 14.4. The molecule has 0 bridgehead atoms. The summed E-state index contributed by atoms with van der Waals surface area (Å²) in [5, 5.41) is 3.49. The molecule has 3 heteroatoms.